The lowest BCUT2D eigenvalue weighted by atomic mass is 10.0. The van der Waals surface area contributed by atoms with Crippen LogP contribution in [0.25, 0.3) is 0 Å². The molecule has 222 valence electrons. The van der Waals surface area contributed by atoms with Gasteiger partial charge in [0.1, 0.15) is 0 Å². The van der Waals surface area contributed by atoms with Crippen molar-refractivity contribution in [1.29, 1.82) is 0 Å². The van der Waals surface area contributed by atoms with E-state index in [0.717, 1.165) is 64.2 Å². The Morgan fingerprint density at radius 2 is 0.947 bits per heavy atom. The maximum Gasteiger partial charge on any atom is 0.220 e. The molecule has 0 heterocycles. The third kappa shape index (κ3) is 27.3. The van der Waals surface area contributed by atoms with Gasteiger partial charge in [-0.1, -0.05) is 49.0 Å². The van der Waals surface area contributed by atoms with Gasteiger partial charge in [0, 0.05) is 25.9 Å². The zero-order valence-electron chi connectivity index (χ0n) is 24.2. The molecule has 0 aromatic rings. The first kappa shape index (κ1) is 36.3. The standard InChI is InChI=1S/C30H56N2O6/c1-27(13-7-3-5-9-17-29(35)31-19-23-37-25-21-33)15-11-12-16-28(2)14-8-4-6-10-18-30(36)32-20-24-38-26-22-34/h15-16,33-34H,3-14,17-26H2,1-2H3,(H,31,35)(H,32,36)/b27-15+,28-16+. The van der Waals surface area contributed by atoms with Crippen LogP contribution in [0.1, 0.15) is 104 Å². The molecule has 8 heteroatoms. The van der Waals surface area contributed by atoms with Crippen LogP contribution in [0.5, 0.6) is 0 Å². The molecule has 0 bridgehead atoms. The van der Waals surface area contributed by atoms with Crippen LogP contribution in [0.2, 0.25) is 0 Å². The number of ether oxygens (including phenoxy) is 2. The third-order valence-corrected chi connectivity index (χ3v) is 6.21. The highest BCUT2D eigenvalue weighted by Crippen LogP contribution is 2.14. The number of aliphatic hydroxyl groups is 2. The summed E-state index contributed by atoms with van der Waals surface area (Å²) in [6, 6.07) is 0. The van der Waals surface area contributed by atoms with Crippen molar-refractivity contribution in [3.8, 4) is 0 Å². The van der Waals surface area contributed by atoms with Crippen molar-refractivity contribution < 1.29 is 29.3 Å². The van der Waals surface area contributed by atoms with E-state index >= 15 is 0 Å². The molecule has 0 aromatic carbocycles. The molecule has 0 saturated heterocycles. The van der Waals surface area contributed by atoms with Gasteiger partial charge in [-0.05, 0) is 65.2 Å². The van der Waals surface area contributed by atoms with E-state index in [4.69, 9.17) is 19.7 Å². The minimum absolute atomic E-state index is 0.0116. The smallest absolute Gasteiger partial charge is 0.220 e. The maximum atomic E-state index is 11.7. The van der Waals surface area contributed by atoms with Crippen LogP contribution in [-0.4, -0.2) is 74.8 Å². The van der Waals surface area contributed by atoms with Gasteiger partial charge in [-0.15, -0.1) is 0 Å². The number of allylic oxidation sites excluding steroid dienone is 4. The van der Waals surface area contributed by atoms with Crippen molar-refractivity contribution >= 4 is 11.8 Å². The molecule has 4 N–H and O–H groups in total. The summed E-state index contributed by atoms with van der Waals surface area (Å²) in [4.78, 5) is 23.5. The Morgan fingerprint density at radius 3 is 1.32 bits per heavy atom. The highest BCUT2D eigenvalue weighted by atomic mass is 16.5. The van der Waals surface area contributed by atoms with Gasteiger partial charge in [0.25, 0.3) is 0 Å². The topological polar surface area (TPSA) is 117 Å². The summed E-state index contributed by atoms with van der Waals surface area (Å²) in [5.41, 5.74) is 2.91. The van der Waals surface area contributed by atoms with Crippen LogP contribution in [0.3, 0.4) is 0 Å². The SMILES string of the molecule is C/C(=C\CC/C=C(\C)CCCCCCC(=O)NCCOCCO)CCCCCCC(=O)NCCOCCO. The number of amides is 2. The molecule has 0 saturated carbocycles. The molecule has 0 atom stereocenters. The van der Waals surface area contributed by atoms with Crippen molar-refractivity contribution in [3.63, 3.8) is 0 Å². The summed E-state index contributed by atoms with van der Waals surface area (Å²) in [6.45, 7) is 6.99. The van der Waals surface area contributed by atoms with Gasteiger partial charge >= 0.3 is 0 Å². The van der Waals surface area contributed by atoms with Crippen LogP contribution < -0.4 is 10.6 Å². The fraction of sp³-hybridized carbons (Fsp3) is 0.800. The van der Waals surface area contributed by atoms with Crippen molar-refractivity contribution in [2.45, 2.75) is 104 Å². The van der Waals surface area contributed by atoms with E-state index in [1.54, 1.807) is 0 Å². The van der Waals surface area contributed by atoms with Crippen molar-refractivity contribution in [1.82, 2.24) is 10.6 Å². The Kier molecular flexibility index (Phi) is 27.0. The molecule has 0 fully saturated rings. The third-order valence-electron chi connectivity index (χ3n) is 6.21. The minimum Gasteiger partial charge on any atom is -0.394 e. The van der Waals surface area contributed by atoms with E-state index < -0.39 is 0 Å². The maximum absolute atomic E-state index is 11.7. The molecule has 0 radical (unpaired) electrons. The van der Waals surface area contributed by atoms with Gasteiger partial charge in [-0.2, -0.15) is 0 Å². The largest absolute Gasteiger partial charge is 0.394 e. The average molecular weight is 541 g/mol. The number of carbonyl (C=O) groups excluding carboxylic acids is 2. The number of hydrogen-bond donors (Lipinski definition) is 4. The van der Waals surface area contributed by atoms with Crippen LogP contribution in [0.4, 0.5) is 0 Å². The van der Waals surface area contributed by atoms with E-state index in [-0.39, 0.29) is 25.0 Å². The van der Waals surface area contributed by atoms with Crippen molar-refractivity contribution in [2.24, 2.45) is 0 Å². The Labute approximate surface area is 231 Å². The lowest BCUT2D eigenvalue weighted by Gasteiger charge is -2.06. The first-order valence-corrected chi connectivity index (χ1v) is 14.7. The van der Waals surface area contributed by atoms with E-state index in [0.29, 0.717) is 52.4 Å². The number of nitrogens with one attached hydrogen (secondary N) is 2. The fourth-order valence-corrected chi connectivity index (χ4v) is 3.98. The number of rotatable bonds is 27. The highest BCUT2D eigenvalue weighted by molar-refractivity contribution is 5.76. The van der Waals surface area contributed by atoms with Crippen molar-refractivity contribution in [3.05, 3.63) is 23.3 Å². The summed E-state index contributed by atoms with van der Waals surface area (Å²) in [5, 5.41) is 22.9. The molecular formula is C30H56N2O6. The Morgan fingerprint density at radius 1 is 0.579 bits per heavy atom. The van der Waals surface area contributed by atoms with E-state index in [2.05, 4.69) is 36.6 Å². The summed E-state index contributed by atoms with van der Waals surface area (Å²) in [7, 11) is 0. The summed E-state index contributed by atoms with van der Waals surface area (Å²) in [5.74, 6) is 0.158. The second-order valence-electron chi connectivity index (χ2n) is 9.88. The van der Waals surface area contributed by atoms with Crippen molar-refractivity contribution in [2.75, 3.05) is 52.7 Å². The summed E-state index contributed by atoms with van der Waals surface area (Å²) < 4.78 is 10.2. The number of carbonyl (C=O) groups is 2. The molecule has 0 aliphatic heterocycles. The Bertz CT molecular complexity index is 582. The molecule has 0 spiro atoms. The highest BCUT2D eigenvalue weighted by Gasteiger charge is 2.02. The van der Waals surface area contributed by atoms with Gasteiger partial charge < -0.3 is 30.3 Å². The molecule has 0 aliphatic rings. The monoisotopic (exact) mass is 540 g/mol. The Hall–Kier alpha value is -1.74. The molecule has 0 aliphatic carbocycles. The van der Waals surface area contributed by atoms with Crippen LogP contribution in [0.15, 0.2) is 23.3 Å². The van der Waals surface area contributed by atoms with Crippen LogP contribution in [-0.2, 0) is 19.1 Å². The normalized spacial score (nSPS) is 12.1. The molecule has 0 aromatic heterocycles. The number of unbranched alkanes of at least 4 members (excludes halogenated alkanes) is 7. The summed E-state index contributed by atoms with van der Waals surface area (Å²) in [6.07, 6.45) is 19.0. The zero-order chi connectivity index (χ0) is 28.1. The zero-order valence-corrected chi connectivity index (χ0v) is 24.2. The number of hydrogen-bond acceptors (Lipinski definition) is 6. The summed E-state index contributed by atoms with van der Waals surface area (Å²) >= 11 is 0. The fourth-order valence-electron chi connectivity index (χ4n) is 3.98. The molecule has 2 amide bonds. The molecule has 0 rings (SSSR count). The predicted molar refractivity (Wildman–Crippen MR) is 154 cm³/mol. The second-order valence-corrected chi connectivity index (χ2v) is 9.88. The van der Waals surface area contributed by atoms with Crippen LogP contribution in [0, 0.1) is 0 Å². The first-order valence-electron chi connectivity index (χ1n) is 14.7. The molecule has 0 unspecified atom stereocenters. The second kappa shape index (κ2) is 28.3. The lowest BCUT2D eigenvalue weighted by Crippen LogP contribution is -2.27. The van der Waals surface area contributed by atoms with Crippen LogP contribution >= 0.6 is 0 Å². The quantitative estimate of drug-likeness (QED) is 0.0894. The lowest BCUT2D eigenvalue weighted by molar-refractivity contribution is -0.122. The van der Waals surface area contributed by atoms with E-state index in [1.807, 2.05) is 0 Å². The number of aliphatic hydroxyl groups excluding tert-OH is 2. The van der Waals surface area contributed by atoms with E-state index in [1.165, 1.54) is 24.0 Å². The average Bonchev–Trinajstić information content (AvgIpc) is 2.90. The minimum atomic E-state index is 0.0116. The Balaban J connectivity index is 3.60. The van der Waals surface area contributed by atoms with Gasteiger partial charge in [0.2, 0.25) is 11.8 Å². The van der Waals surface area contributed by atoms with E-state index in [9.17, 15) is 9.59 Å². The molecule has 38 heavy (non-hydrogen) atoms. The first-order chi connectivity index (χ1) is 18.5. The van der Waals surface area contributed by atoms with Gasteiger partial charge in [0.05, 0.1) is 39.6 Å². The predicted octanol–water partition coefficient (Wildman–Crippen LogP) is 4.59. The molecular weight excluding hydrogens is 484 g/mol. The van der Waals surface area contributed by atoms with Gasteiger partial charge in [-0.25, -0.2) is 0 Å². The van der Waals surface area contributed by atoms with Gasteiger partial charge in [-0.3, -0.25) is 9.59 Å². The van der Waals surface area contributed by atoms with Gasteiger partial charge in [0.15, 0.2) is 0 Å². The molecule has 8 nitrogen and oxygen atoms in total.